The Morgan fingerprint density at radius 3 is 2.15 bits per heavy atom. The number of nitrogens with one attached hydrogen (secondary N) is 1. The number of anilines is 1. The fraction of sp³-hybridized carbons (Fsp3) is 0.238. The zero-order valence-electron chi connectivity index (χ0n) is 14.7. The van der Waals surface area contributed by atoms with Crippen LogP contribution in [-0.4, -0.2) is 49.4 Å². The van der Waals surface area contributed by atoms with Crippen LogP contribution in [0.25, 0.3) is 6.08 Å². The molecule has 26 heavy (non-hydrogen) atoms. The zero-order valence-corrected chi connectivity index (χ0v) is 14.7. The van der Waals surface area contributed by atoms with Gasteiger partial charge in [0, 0.05) is 37.9 Å². The van der Waals surface area contributed by atoms with Gasteiger partial charge in [0.15, 0.2) is 0 Å². The number of hydrogen-bond donors (Lipinski definition) is 1. The van der Waals surface area contributed by atoms with E-state index in [9.17, 15) is 9.59 Å². The van der Waals surface area contributed by atoms with Crippen molar-refractivity contribution >= 4 is 23.6 Å². The average molecular weight is 349 g/mol. The number of amides is 2. The molecule has 3 rings (SSSR count). The van der Waals surface area contributed by atoms with E-state index in [1.165, 1.54) is 11.8 Å². The quantitative estimate of drug-likeness (QED) is 0.842. The number of piperazine rings is 1. The molecule has 1 heterocycles. The number of rotatable bonds is 5. The average Bonchev–Trinajstić information content (AvgIpc) is 2.72. The first-order chi connectivity index (χ1) is 12.7. The molecule has 5 nitrogen and oxygen atoms in total. The van der Waals surface area contributed by atoms with E-state index in [1.807, 2.05) is 48.5 Å². The molecule has 0 aliphatic carbocycles. The smallest absolute Gasteiger partial charge is 0.244 e. The highest BCUT2D eigenvalue weighted by molar-refractivity contribution is 5.94. The van der Waals surface area contributed by atoms with E-state index in [2.05, 4.69) is 22.3 Å². The van der Waals surface area contributed by atoms with Gasteiger partial charge in [-0.1, -0.05) is 48.5 Å². The molecule has 5 heteroatoms. The minimum absolute atomic E-state index is 0.0311. The van der Waals surface area contributed by atoms with Gasteiger partial charge in [0.25, 0.3) is 0 Å². The van der Waals surface area contributed by atoms with Gasteiger partial charge in [-0.2, -0.15) is 0 Å². The Hall–Kier alpha value is -3.08. The standard InChI is InChI=1S/C21H23N3O2/c25-20(12-11-18-7-3-1-4-8-18)22-17-21(26)24-15-13-23(14-16-24)19-9-5-2-6-10-19/h1-12H,13-17H2,(H,22,25)/b12-11+. The molecule has 0 bridgehead atoms. The molecule has 134 valence electrons. The molecule has 0 saturated carbocycles. The summed E-state index contributed by atoms with van der Waals surface area (Å²) in [6, 6.07) is 19.8. The number of benzene rings is 2. The van der Waals surface area contributed by atoms with Crippen LogP contribution in [0.1, 0.15) is 5.56 Å². The van der Waals surface area contributed by atoms with Gasteiger partial charge in [-0.3, -0.25) is 9.59 Å². The second-order valence-corrected chi connectivity index (χ2v) is 6.17. The highest BCUT2D eigenvalue weighted by atomic mass is 16.2. The van der Waals surface area contributed by atoms with E-state index >= 15 is 0 Å². The molecule has 2 amide bonds. The summed E-state index contributed by atoms with van der Waals surface area (Å²) in [7, 11) is 0. The summed E-state index contributed by atoms with van der Waals surface area (Å²) in [6.45, 7) is 2.98. The van der Waals surface area contributed by atoms with Crippen molar-refractivity contribution in [3.63, 3.8) is 0 Å². The monoisotopic (exact) mass is 349 g/mol. The molecule has 1 N–H and O–H groups in total. The van der Waals surface area contributed by atoms with Gasteiger partial charge < -0.3 is 15.1 Å². The number of carbonyl (C=O) groups excluding carboxylic acids is 2. The van der Waals surface area contributed by atoms with Gasteiger partial charge in [-0.15, -0.1) is 0 Å². The predicted molar refractivity (Wildman–Crippen MR) is 104 cm³/mol. The third-order valence-corrected chi connectivity index (χ3v) is 4.39. The van der Waals surface area contributed by atoms with Crippen molar-refractivity contribution in [3.8, 4) is 0 Å². The molecular weight excluding hydrogens is 326 g/mol. The van der Waals surface area contributed by atoms with Crippen LogP contribution >= 0.6 is 0 Å². The van der Waals surface area contributed by atoms with Crippen LogP contribution in [0.4, 0.5) is 5.69 Å². The van der Waals surface area contributed by atoms with Crippen LogP contribution in [0.3, 0.4) is 0 Å². The molecule has 2 aromatic carbocycles. The van der Waals surface area contributed by atoms with Gasteiger partial charge in [-0.25, -0.2) is 0 Å². The van der Waals surface area contributed by atoms with Crippen molar-refractivity contribution in [1.82, 2.24) is 10.2 Å². The van der Waals surface area contributed by atoms with Gasteiger partial charge >= 0.3 is 0 Å². The van der Waals surface area contributed by atoms with Crippen molar-refractivity contribution in [3.05, 3.63) is 72.3 Å². The van der Waals surface area contributed by atoms with Gasteiger partial charge in [0.1, 0.15) is 0 Å². The Labute approximate surface area is 153 Å². The summed E-state index contributed by atoms with van der Waals surface area (Å²) in [5, 5.41) is 2.66. The number of carbonyl (C=O) groups is 2. The summed E-state index contributed by atoms with van der Waals surface area (Å²) >= 11 is 0. The van der Waals surface area contributed by atoms with E-state index < -0.39 is 0 Å². The largest absolute Gasteiger partial charge is 0.368 e. The first-order valence-electron chi connectivity index (χ1n) is 8.81. The Morgan fingerprint density at radius 1 is 0.885 bits per heavy atom. The Bertz CT molecular complexity index is 751. The maximum Gasteiger partial charge on any atom is 0.244 e. The Kier molecular flexibility index (Phi) is 6.04. The summed E-state index contributed by atoms with van der Waals surface area (Å²) in [5.41, 5.74) is 2.13. The first kappa shape index (κ1) is 17.7. The minimum Gasteiger partial charge on any atom is -0.368 e. The van der Waals surface area contributed by atoms with Crippen molar-refractivity contribution in [2.24, 2.45) is 0 Å². The highest BCUT2D eigenvalue weighted by Crippen LogP contribution is 2.15. The lowest BCUT2D eigenvalue weighted by atomic mass is 10.2. The molecule has 2 aromatic rings. The zero-order chi connectivity index (χ0) is 18.2. The summed E-state index contributed by atoms with van der Waals surface area (Å²) < 4.78 is 0. The van der Waals surface area contributed by atoms with Crippen LogP contribution in [0.15, 0.2) is 66.7 Å². The second kappa shape index (κ2) is 8.85. The molecule has 0 radical (unpaired) electrons. The second-order valence-electron chi connectivity index (χ2n) is 6.17. The normalized spacial score (nSPS) is 14.5. The van der Waals surface area contributed by atoms with Crippen LogP contribution in [0, 0.1) is 0 Å². The van der Waals surface area contributed by atoms with E-state index in [0.717, 1.165) is 18.7 Å². The van der Waals surface area contributed by atoms with Crippen LogP contribution < -0.4 is 10.2 Å². The summed E-state index contributed by atoms with van der Waals surface area (Å²) in [4.78, 5) is 28.2. The van der Waals surface area contributed by atoms with Crippen LogP contribution in [0.5, 0.6) is 0 Å². The van der Waals surface area contributed by atoms with Crippen molar-refractivity contribution in [1.29, 1.82) is 0 Å². The van der Waals surface area contributed by atoms with Crippen molar-refractivity contribution in [2.45, 2.75) is 0 Å². The molecule has 0 atom stereocenters. The summed E-state index contributed by atoms with van der Waals surface area (Å²) in [5.74, 6) is -0.302. The lowest BCUT2D eigenvalue weighted by Gasteiger charge is -2.36. The maximum atomic E-state index is 12.3. The predicted octanol–water partition coefficient (Wildman–Crippen LogP) is 2.16. The number of para-hydroxylation sites is 1. The molecule has 0 spiro atoms. The first-order valence-corrected chi connectivity index (χ1v) is 8.81. The Balaban J connectivity index is 1.42. The molecule has 1 aliphatic rings. The third kappa shape index (κ3) is 4.96. The maximum absolute atomic E-state index is 12.3. The molecule has 0 aromatic heterocycles. The molecule has 1 saturated heterocycles. The molecular formula is C21H23N3O2. The van der Waals surface area contributed by atoms with Gasteiger partial charge in [-0.05, 0) is 23.8 Å². The molecule has 1 aliphatic heterocycles. The lowest BCUT2D eigenvalue weighted by molar-refractivity contribution is -0.132. The van der Waals surface area contributed by atoms with E-state index in [1.54, 1.807) is 11.0 Å². The molecule has 0 unspecified atom stereocenters. The van der Waals surface area contributed by atoms with E-state index in [0.29, 0.717) is 13.1 Å². The minimum atomic E-state index is -0.259. The van der Waals surface area contributed by atoms with Gasteiger partial charge in [0.05, 0.1) is 6.54 Å². The topological polar surface area (TPSA) is 52.7 Å². The van der Waals surface area contributed by atoms with Crippen molar-refractivity contribution < 1.29 is 9.59 Å². The lowest BCUT2D eigenvalue weighted by Crippen LogP contribution is -2.51. The van der Waals surface area contributed by atoms with E-state index in [4.69, 9.17) is 0 Å². The number of nitrogens with zero attached hydrogens (tertiary/aromatic N) is 2. The van der Waals surface area contributed by atoms with Crippen LogP contribution in [-0.2, 0) is 9.59 Å². The SMILES string of the molecule is O=C(/C=C/c1ccccc1)NCC(=O)N1CCN(c2ccccc2)CC1. The fourth-order valence-electron chi connectivity index (χ4n) is 2.92. The molecule has 1 fully saturated rings. The van der Waals surface area contributed by atoms with E-state index in [-0.39, 0.29) is 18.4 Å². The van der Waals surface area contributed by atoms with Gasteiger partial charge in [0.2, 0.25) is 11.8 Å². The Morgan fingerprint density at radius 2 is 1.50 bits per heavy atom. The highest BCUT2D eigenvalue weighted by Gasteiger charge is 2.21. The fourth-order valence-corrected chi connectivity index (χ4v) is 2.92. The van der Waals surface area contributed by atoms with Crippen LogP contribution in [0.2, 0.25) is 0 Å². The van der Waals surface area contributed by atoms with Crippen molar-refractivity contribution in [2.75, 3.05) is 37.6 Å². The summed E-state index contributed by atoms with van der Waals surface area (Å²) in [6.07, 6.45) is 3.19. The number of hydrogen-bond acceptors (Lipinski definition) is 3. The third-order valence-electron chi connectivity index (χ3n) is 4.39.